The fourth-order valence-corrected chi connectivity index (χ4v) is 2.59. The minimum atomic E-state index is -0.700. The molecule has 20 heavy (non-hydrogen) atoms. The average Bonchev–Trinajstić information content (AvgIpc) is 2.80. The predicted octanol–water partition coefficient (Wildman–Crippen LogP) is 1.39. The summed E-state index contributed by atoms with van der Waals surface area (Å²) in [6, 6.07) is 0. The van der Waals surface area contributed by atoms with E-state index >= 15 is 0 Å². The van der Waals surface area contributed by atoms with E-state index < -0.39 is 11.9 Å². The molecule has 6 heteroatoms. The van der Waals surface area contributed by atoms with Crippen molar-refractivity contribution in [2.45, 2.75) is 57.9 Å². The SMILES string of the molecule is COCOC(C)C1=C[C@H](OC(C)=O)[C@@H]2OC(C)(C)O[C@H]12. The Balaban J connectivity index is 2.15. The van der Waals surface area contributed by atoms with E-state index in [4.69, 9.17) is 23.7 Å². The van der Waals surface area contributed by atoms with Crippen LogP contribution in [-0.4, -0.2) is 50.1 Å². The van der Waals surface area contributed by atoms with Crippen LogP contribution >= 0.6 is 0 Å². The van der Waals surface area contributed by atoms with E-state index in [1.807, 2.05) is 26.8 Å². The van der Waals surface area contributed by atoms with E-state index in [0.29, 0.717) is 0 Å². The number of esters is 1. The fraction of sp³-hybridized carbons (Fsp3) is 0.786. The maximum Gasteiger partial charge on any atom is 0.303 e. The van der Waals surface area contributed by atoms with Crippen molar-refractivity contribution in [2.75, 3.05) is 13.9 Å². The third kappa shape index (κ3) is 3.20. The van der Waals surface area contributed by atoms with E-state index in [0.717, 1.165) is 5.57 Å². The molecule has 0 bridgehead atoms. The molecule has 0 radical (unpaired) electrons. The maximum absolute atomic E-state index is 11.2. The molecule has 0 aromatic rings. The highest BCUT2D eigenvalue weighted by Crippen LogP contribution is 2.41. The fourth-order valence-electron chi connectivity index (χ4n) is 2.59. The molecule has 2 aliphatic rings. The molecule has 1 unspecified atom stereocenters. The lowest BCUT2D eigenvalue weighted by Gasteiger charge is -2.21. The van der Waals surface area contributed by atoms with Gasteiger partial charge in [0.2, 0.25) is 0 Å². The molecule has 0 amide bonds. The molecular formula is C14H22O6. The Morgan fingerprint density at radius 3 is 2.75 bits per heavy atom. The standard InChI is InChI=1S/C14H22O6/c1-8(17-7-16-5)10-6-11(18-9(2)15)13-12(10)19-14(3,4)20-13/h6,8,11-13H,7H2,1-5H3/t8?,11-,12+,13-/m0/s1. The first kappa shape index (κ1) is 15.4. The van der Waals surface area contributed by atoms with Crippen LogP contribution in [0.3, 0.4) is 0 Å². The van der Waals surface area contributed by atoms with Gasteiger partial charge in [-0.05, 0) is 32.4 Å². The highest BCUT2D eigenvalue weighted by atomic mass is 16.8. The average molecular weight is 286 g/mol. The van der Waals surface area contributed by atoms with Crippen LogP contribution in [0.2, 0.25) is 0 Å². The Labute approximate surface area is 119 Å². The summed E-state index contributed by atoms with van der Waals surface area (Å²) in [6.07, 6.45) is 0.633. The summed E-state index contributed by atoms with van der Waals surface area (Å²) in [5, 5.41) is 0. The number of hydrogen-bond donors (Lipinski definition) is 0. The van der Waals surface area contributed by atoms with Gasteiger partial charge in [-0.15, -0.1) is 0 Å². The third-order valence-corrected chi connectivity index (χ3v) is 3.35. The molecular weight excluding hydrogens is 264 g/mol. The minimum Gasteiger partial charge on any atom is -0.455 e. The van der Waals surface area contributed by atoms with Crippen LogP contribution in [0.25, 0.3) is 0 Å². The topological polar surface area (TPSA) is 63.2 Å². The van der Waals surface area contributed by atoms with Gasteiger partial charge in [0.25, 0.3) is 0 Å². The summed E-state index contributed by atoms with van der Waals surface area (Å²) in [5.74, 6) is -1.04. The van der Waals surface area contributed by atoms with Gasteiger partial charge < -0.3 is 23.7 Å². The molecule has 1 saturated heterocycles. The maximum atomic E-state index is 11.2. The van der Waals surface area contributed by atoms with Crippen molar-refractivity contribution >= 4 is 5.97 Å². The Morgan fingerprint density at radius 2 is 2.15 bits per heavy atom. The van der Waals surface area contributed by atoms with Gasteiger partial charge in [0, 0.05) is 14.0 Å². The van der Waals surface area contributed by atoms with Crippen molar-refractivity contribution in [3.8, 4) is 0 Å². The highest BCUT2D eigenvalue weighted by Gasteiger charge is 2.52. The molecule has 0 aromatic heterocycles. The predicted molar refractivity (Wildman–Crippen MR) is 69.9 cm³/mol. The minimum absolute atomic E-state index is 0.193. The highest BCUT2D eigenvalue weighted by molar-refractivity contribution is 5.66. The third-order valence-electron chi connectivity index (χ3n) is 3.35. The van der Waals surface area contributed by atoms with Gasteiger partial charge in [0.15, 0.2) is 5.79 Å². The monoisotopic (exact) mass is 286 g/mol. The van der Waals surface area contributed by atoms with Crippen LogP contribution in [-0.2, 0) is 28.5 Å². The summed E-state index contributed by atoms with van der Waals surface area (Å²) in [4.78, 5) is 11.2. The summed E-state index contributed by atoms with van der Waals surface area (Å²) in [6.45, 7) is 7.17. The number of rotatable bonds is 5. The lowest BCUT2D eigenvalue weighted by Crippen LogP contribution is -2.33. The lowest BCUT2D eigenvalue weighted by molar-refractivity contribution is -0.166. The van der Waals surface area contributed by atoms with Gasteiger partial charge >= 0.3 is 5.97 Å². The molecule has 1 heterocycles. The van der Waals surface area contributed by atoms with Crippen molar-refractivity contribution in [3.63, 3.8) is 0 Å². The van der Waals surface area contributed by atoms with Crippen LogP contribution in [0.5, 0.6) is 0 Å². The molecule has 1 fully saturated rings. The second-order valence-electron chi connectivity index (χ2n) is 5.48. The molecule has 6 nitrogen and oxygen atoms in total. The van der Waals surface area contributed by atoms with Crippen molar-refractivity contribution in [1.29, 1.82) is 0 Å². The molecule has 2 rings (SSSR count). The molecule has 4 atom stereocenters. The van der Waals surface area contributed by atoms with E-state index in [1.165, 1.54) is 6.92 Å². The van der Waals surface area contributed by atoms with Gasteiger partial charge in [-0.1, -0.05) is 0 Å². The van der Waals surface area contributed by atoms with Crippen molar-refractivity contribution in [1.82, 2.24) is 0 Å². The van der Waals surface area contributed by atoms with Crippen molar-refractivity contribution in [2.24, 2.45) is 0 Å². The summed E-state index contributed by atoms with van der Waals surface area (Å²) < 4.78 is 27.5. The number of fused-ring (bicyclic) bond motifs is 1. The van der Waals surface area contributed by atoms with Crippen LogP contribution in [0.15, 0.2) is 11.6 Å². The zero-order chi connectivity index (χ0) is 14.9. The number of methoxy groups -OCH3 is 1. The molecule has 0 spiro atoms. The number of hydrogen-bond acceptors (Lipinski definition) is 6. The molecule has 0 N–H and O–H groups in total. The Morgan fingerprint density at radius 1 is 1.45 bits per heavy atom. The van der Waals surface area contributed by atoms with E-state index in [2.05, 4.69) is 0 Å². The Bertz CT molecular complexity index is 402. The van der Waals surface area contributed by atoms with Crippen LogP contribution < -0.4 is 0 Å². The van der Waals surface area contributed by atoms with Gasteiger partial charge in [0.1, 0.15) is 25.1 Å². The van der Waals surface area contributed by atoms with Crippen LogP contribution in [0, 0.1) is 0 Å². The summed E-state index contributed by atoms with van der Waals surface area (Å²) >= 11 is 0. The molecule has 0 saturated carbocycles. The second-order valence-corrected chi connectivity index (χ2v) is 5.48. The molecule has 0 aromatic carbocycles. The van der Waals surface area contributed by atoms with Crippen LogP contribution in [0.1, 0.15) is 27.7 Å². The van der Waals surface area contributed by atoms with E-state index in [9.17, 15) is 4.79 Å². The van der Waals surface area contributed by atoms with Gasteiger partial charge in [-0.2, -0.15) is 0 Å². The zero-order valence-electron chi connectivity index (χ0n) is 12.5. The van der Waals surface area contributed by atoms with Gasteiger partial charge in [0.05, 0.1) is 6.10 Å². The zero-order valence-corrected chi connectivity index (χ0v) is 12.5. The van der Waals surface area contributed by atoms with Crippen LogP contribution in [0.4, 0.5) is 0 Å². The molecule has 1 aliphatic heterocycles. The first-order chi connectivity index (χ1) is 9.34. The van der Waals surface area contributed by atoms with Gasteiger partial charge in [-0.25, -0.2) is 0 Å². The normalized spacial score (nSPS) is 32.6. The van der Waals surface area contributed by atoms with E-state index in [1.54, 1.807) is 7.11 Å². The number of carbonyl (C=O) groups is 1. The molecule has 1 aliphatic carbocycles. The summed E-state index contributed by atoms with van der Waals surface area (Å²) in [7, 11) is 1.57. The lowest BCUT2D eigenvalue weighted by atomic mass is 10.1. The first-order valence-electron chi connectivity index (χ1n) is 6.69. The van der Waals surface area contributed by atoms with E-state index in [-0.39, 0.29) is 31.1 Å². The summed E-state index contributed by atoms with van der Waals surface area (Å²) in [5.41, 5.74) is 0.920. The first-order valence-corrected chi connectivity index (χ1v) is 6.69. The van der Waals surface area contributed by atoms with Crippen molar-refractivity contribution in [3.05, 3.63) is 11.6 Å². The number of carbonyl (C=O) groups excluding carboxylic acids is 1. The Kier molecular flexibility index (Phi) is 4.49. The quantitative estimate of drug-likeness (QED) is 0.432. The smallest absolute Gasteiger partial charge is 0.303 e. The second kappa shape index (κ2) is 5.81. The Hall–Kier alpha value is -0.950. The van der Waals surface area contributed by atoms with Crippen molar-refractivity contribution < 1.29 is 28.5 Å². The largest absolute Gasteiger partial charge is 0.455 e. The van der Waals surface area contributed by atoms with Gasteiger partial charge in [-0.3, -0.25) is 4.79 Å². The molecule has 114 valence electrons. The number of ether oxygens (including phenoxy) is 5.